The van der Waals surface area contributed by atoms with E-state index in [2.05, 4.69) is 30.2 Å². The molecule has 204 valence electrons. The van der Waals surface area contributed by atoms with E-state index in [9.17, 15) is 14.4 Å². The van der Waals surface area contributed by atoms with Crippen LogP contribution in [0.5, 0.6) is 0 Å². The first kappa shape index (κ1) is 25.4. The Morgan fingerprint density at radius 1 is 1.15 bits per heavy atom. The third kappa shape index (κ3) is 4.15. The second-order valence-electron chi connectivity index (χ2n) is 11.1. The Kier molecular flexibility index (Phi) is 6.12. The Balaban J connectivity index is 1.51. The van der Waals surface area contributed by atoms with E-state index in [1.54, 1.807) is 10.8 Å². The zero-order valence-electron chi connectivity index (χ0n) is 23.0. The number of aryl methyl sites for hydroxylation is 2. The SMILES string of the molecule is CCCn1c(=O)c2c(cc(-c3cnn(Cc4cccc(C)c4)c3)n2C(CC)OC(=O)C23CC2C3)n(CC)c1=O. The number of hydrogen-bond acceptors (Lipinski definition) is 5. The molecule has 1 unspecified atom stereocenters. The van der Waals surface area contributed by atoms with Gasteiger partial charge in [-0.05, 0) is 50.7 Å². The highest BCUT2D eigenvalue weighted by atomic mass is 16.6. The third-order valence-electron chi connectivity index (χ3n) is 8.31. The van der Waals surface area contributed by atoms with Crippen molar-refractivity contribution in [2.75, 3.05) is 0 Å². The molecule has 0 saturated heterocycles. The molecule has 3 heterocycles. The van der Waals surface area contributed by atoms with E-state index in [1.807, 2.05) is 48.3 Å². The number of carbonyl (C=O) groups excluding carboxylic acids is 1. The lowest BCUT2D eigenvalue weighted by Crippen LogP contribution is -2.40. The molecular formula is C30H35N5O4. The molecule has 39 heavy (non-hydrogen) atoms. The summed E-state index contributed by atoms with van der Waals surface area (Å²) >= 11 is 0. The van der Waals surface area contributed by atoms with Gasteiger partial charge in [0.15, 0.2) is 6.23 Å². The monoisotopic (exact) mass is 529 g/mol. The molecule has 0 amide bonds. The van der Waals surface area contributed by atoms with Crippen LogP contribution >= 0.6 is 0 Å². The van der Waals surface area contributed by atoms with Crippen molar-refractivity contribution >= 4 is 17.0 Å². The summed E-state index contributed by atoms with van der Waals surface area (Å²) in [7, 11) is 0. The maximum absolute atomic E-state index is 13.8. The summed E-state index contributed by atoms with van der Waals surface area (Å²) in [5.74, 6) is 0.273. The van der Waals surface area contributed by atoms with Gasteiger partial charge in [0.2, 0.25) is 0 Å². The maximum atomic E-state index is 13.8. The number of benzene rings is 1. The van der Waals surface area contributed by atoms with Gasteiger partial charge in [-0.15, -0.1) is 0 Å². The number of hydrogen-bond donors (Lipinski definition) is 0. The highest BCUT2D eigenvalue weighted by Crippen LogP contribution is 2.76. The highest BCUT2D eigenvalue weighted by Gasteiger charge is 2.76. The fraction of sp³-hybridized carbons (Fsp3) is 0.467. The van der Waals surface area contributed by atoms with Crippen LogP contribution in [-0.2, 0) is 29.2 Å². The molecule has 0 N–H and O–H groups in total. The van der Waals surface area contributed by atoms with Crippen LogP contribution in [0.2, 0.25) is 0 Å². The molecule has 0 bridgehead atoms. The lowest BCUT2D eigenvalue weighted by molar-refractivity contribution is -0.158. The van der Waals surface area contributed by atoms with Gasteiger partial charge in [-0.3, -0.25) is 28.0 Å². The largest absolute Gasteiger partial charge is 0.441 e. The van der Waals surface area contributed by atoms with Gasteiger partial charge in [-0.2, -0.15) is 5.10 Å². The summed E-state index contributed by atoms with van der Waals surface area (Å²) in [5.41, 5.74) is 3.76. The maximum Gasteiger partial charge on any atom is 0.331 e. The molecule has 2 aliphatic rings. The number of aromatic nitrogens is 5. The van der Waals surface area contributed by atoms with E-state index in [0.717, 1.165) is 24.0 Å². The standard InChI is InChI=1S/C30H35N5O4/c1-5-11-34-27(36)26-24(33(7-3)29(34)38)13-23(35(26)25(6-2)39-28(37)30-14-22(30)15-30)21-16-31-32(18-21)17-20-10-8-9-19(4)12-20/h8-10,12-13,16,18,22,25H,5-7,11,14-15,17H2,1-4H3. The molecule has 2 saturated carbocycles. The van der Waals surface area contributed by atoms with E-state index >= 15 is 0 Å². The quantitative estimate of drug-likeness (QED) is 0.283. The summed E-state index contributed by atoms with van der Waals surface area (Å²) in [6, 6.07) is 10.2. The van der Waals surface area contributed by atoms with Gasteiger partial charge in [0, 0.05) is 31.3 Å². The van der Waals surface area contributed by atoms with Crippen LogP contribution in [0.4, 0.5) is 0 Å². The van der Waals surface area contributed by atoms with Crippen molar-refractivity contribution in [3.63, 3.8) is 0 Å². The molecular weight excluding hydrogens is 494 g/mol. The molecule has 9 heteroatoms. The molecule has 2 aliphatic carbocycles. The Morgan fingerprint density at radius 2 is 1.92 bits per heavy atom. The van der Waals surface area contributed by atoms with E-state index < -0.39 is 6.23 Å². The van der Waals surface area contributed by atoms with Crippen LogP contribution < -0.4 is 11.2 Å². The lowest BCUT2D eigenvalue weighted by atomic mass is 10.1. The van der Waals surface area contributed by atoms with Crippen LogP contribution in [0.25, 0.3) is 22.3 Å². The first-order valence-electron chi connectivity index (χ1n) is 14.0. The van der Waals surface area contributed by atoms with Crippen molar-refractivity contribution in [3.8, 4) is 11.3 Å². The second kappa shape index (κ2) is 9.39. The molecule has 3 aromatic heterocycles. The van der Waals surface area contributed by atoms with Crippen LogP contribution in [0.3, 0.4) is 0 Å². The molecule has 0 radical (unpaired) electrons. The van der Waals surface area contributed by atoms with Gasteiger partial charge in [-0.25, -0.2) is 4.79 Å². The number of fused-ring (bicyclic) bond motifs is 2. The van der Waals surface area contributed by atoms with Crippen LogP contribution in [-0.4, -0.2) is 29.5 Å². The Labute approximate surface area is 226 Å². The second-order valence-corrected chi connectivity index (χ2v) is 11.1. The number of ether oxygens (including phenoxy) is 1. The highest BCUT2D eigenvalue weighted by molar-refractivity contribution is 5.86. The van der Waals surface area contributed by atoms with E-state index in [0.29, 0.717) is 55.1 Å². The van der Waals surface area contributed by atoms with Crippen molar-refractivity contribution in [2.45, 2.75) is 79.2 Å². The van der Waals surface area contributed by atoms with Gasteiger partial charge < -0.3 is 4.74 Å². The topological polar surface area (TPSA) is 93.1 Å². The van der Waals surface area contributed by atoms with E-state index in [4.69, 9.17) is 4.74 Å². The predicted molar refractivity (Wildman–Crippen MR) is 149 cm³/mol. The van der Waals surface area contributed by atoms with Crippen molar-refractivity contribution in [1.82, 2.24) is 23.5 Å². The third-order valence-corrected chi connectivity index (χ3v) is 8.31. The van der Waals surface area contributed by atoms with Gasteiger partial charge in [-0.1, -0.05) is 43.7 Å². The van der Waals surface area contributed by atoms with E-state index in [-0.39, 0.29) is 22.6 Å². The van der Waals surface area contributed by atoms with Gasteiger partial charge in [0.05, 0.1) is 29.4 Å². The van der Waals surface area contributed by atoms with Gasteiger partial charge in [0.25, 0.3) is 5.56 Å². The Hall–Kier alpha value is -3.88. The summed E-state index contributed by atoms with van der Waals surface area (Å²) < 4.78 is 12.7. The summed E-state index contributed by atoms with van der Waals surface area (Å²) in [6.45, 7) is 9.18. The number of esters is 1. The molecule has 6 rings (SSSR count). The zero-order valence-corrected chi connectivity index (χ0v) is 23.0. The molecule has 2 fully saturated rings. The van der Waals surface area contributed by atoms with Crippen LogP contribution in [0.15, 0.2) is 52.3 Å². The van der Waals surface area contributed by atoms with Crippen molar-refractivity contribution < 1.29 is 9.53 Å². The molecule has 1 aromatic carbocycles. The molecule has 0 aliphatic heterocycles. The molecule has 4 aromatic rings. The number of nitrogens with zero attached hydrogens (tertiary/aromatic N) is 5. The van der Waals surface area contributed by atoms with Crippen molar-refractivity contribution in [2.24, 2.45) is 11.3 Å². The summed E-state index contributed by atoms with van der Waals surface area (Å²) in [6.07, 6.45) is 5.96. The summed E-state index contributed by atoms with van der Waals surface area (Å²) in [5, 5.41) is 4.60. The van der Waals surface area contributed by atoms with Gasteiger partial charge >= 0.3 is 11.7 Å². The molecule has 1 atom stereocenters. The zero-order chi connectivity index (χ0) is 27.5. The summed E-state index contributed by atoms with van der Waals surface area (Å²) in [4.78, 5) is 40.2. The first-order chi connectivity index (χ1) is 18.8. The van der Waals surface area contributed by atoms with Crippen molar-refractivity contribution in [3.05, 3.63) is 74.7 Å². The minimum atomic E-state index is -0.674. The van der Waals surface area contributed by atoms with E-state index in [1.165, 1.54) is 10.1 Å². The Bertz CT molecular complexity index is 1700. The average Bonchev–Trinajstić information content (AvgIpc) is 3.68. The number of rotatable bonds is 10. The number of carbonyl (C=O) groups is 1. The average molecular weight is 530 g/mol. The normalized spacial score (nSPS) is 20.2. The molecule has 0 spiro atoms. The minimum Gasteiger partial charge on any atom is -0.441 e. The lowest BCUT2D eigenvalue weighted by Gasteiger charge is -2.22. The minimum absolute atomic E-state index is 0.181. The fourth-order valence-corrected chi connectivity index (χ4v) is 5.82. The first-order valence-corrected chi connectivity index (χ1v) is 14.0. The smallest absolute Gasteiger partial charge is 0.331 e. The van der Waals surface area contributed by atoms with Crippen molar-refractivity contribution in [1.29, 1.82) is 0 Å². The fourth-order valence-electron chi connectivity index (χ4n) is 5.82. The van der Waals surface area contributed by atoms with Crippen LogP contribution in [0, 0.1) is 18.3 Å². The molecule has 9 nitrogen and oxygen atoms in total. The van der Waals surface area contributed by atoms with Crippen LogP contribution in [0.1, 0.15) is 63.8 Å². The Morgan fingerprint density at radius 3 is 2.56 bits per heavy atom. The predicted octanol–water partition coefficient (Wildman–Crippen LogP) is 4.48. The van der Waals surface area contributed by atoms with Gasteiger partial charge in [0.1, 0.15) is 5.52 Å².